The summed E-state index contributed by atoms with van der Waals surface area (Å²) in [5.41, 5.74) is 4.86. The summed E-state index contributed by atoms with van der Waals surface area (Å²) >= 11 is 13.2. The number of H-pyrrole nitrogens is 1. The van der Waals surface area contributed by atoms with Crippen molar-refractivity contribution in [2.75, 3.05) is 5.75 Å². The maximum absolute atomic E-state index is 12.2. The van der Waals surface area contributed by atoms with E-state index in [-0.39, 0.29) is 28.5 Å². The lowest BCUT2D eigenvalue weighted by Gasteiger charge is -2.01. The smallest absolute Gasteiger partial charge is 0.173 e. The number of halogens is 3. The molecular weight excluding hydrogens is 431 g/mol. The molecule has 0 radical (unpaired) electrons. The molecule has 1 heterocycles. The Labute approximate surface area is 164 Å². The summed E-state index contributed by atoms with van der Waals surface area (Å²) in [6, 6.07) is 9.03. The molecule has 1 N–H and O–H groups in total. The Hall–Kier alpha value is -1.01. The summed E-state index contributed by atoms with van der Waals surface area (Å²) in [6.07, 6.45) is 0. The molecule has 0 spiro atoms. The Bertz CT molecular complexity index is 872. The standard InChI is InChI=1S/C17H14Cl2N2OS.BrH/c1-9-5-14-15(6-10(9)2)21-17(20-14)23-8-16(22)11-3-4-12(18)13(19)7-11;/h3-7H,8H2,1-2H3,(H,20,21);1H. The molecule has 0 aliphatic carbocycles. The van der Waals surface area contributed by atoms with Crippen LogP contribution in [0.4, 0.5) is 0 Å². The van der Waals surface area contributed by atoms with Crippen LogP contribution in [0.15, 0.2) is 35.5 Å². The molecule has 0 unspecified atom stereocenters. The number of carbonyl (C=O) groups excluding carboxylic acids is 1. The number of nitrogens with zero attached hydrogens (tertiary/aromatic N) is 1. The van der Waals surface area contributed by atoms with Crippen LogP contribution in [0.25, 0.3) is 11.0 Å². The van der Waals surface area contributed by atoms with Crippen molar-refractivity contribution in [1.29, 1.82) is 0 Å². The van der Waals surface area contributed by atoms with E-state index in [0.29, 0.717) is 15.6 Å². The van der Waals surface area contributed by atoms with Gasteiger partial charge in [0.05, 0.1) is 26.8 Å². The van der Waals surface area contributed by atoms with Crippen molar-refractivity contribution in [2.24, 2.45) is 0 Å². The number of aromatic amines is 1. The summed E-state index contributed by atoms with van der Waals surface area (Å²) < 4.78 is 0. The van der Waals surface area contributed by atoms with Crippen LogP contribution in [0, 0.1) is 13.8 Å². The highest BCUT2D eigenvalue weighted by Gasteiger charge is 2.11. The molecular formula is C17H15BrCl2N2OS. The van der Waals surface area contributed by atoms with Gasteiger partial charge in [-0.1, -0.05) is 35.0 Å². The molecule has 0 saturated heterocycles. The van der Waals surface area contributed by atoms with E-state index >= 15 is 0 Å². The molecule has 3 aromatic rings. The van der Waals surface area contributed by atoms with Crippen molar-refractivity contribution < 1.29 is 4.79 Å². The Morgan fingerprint density at radius 1 is 1.12 bits per heavy atom. The number of benzene rings is 2. The van der Waals surface area contributed by atoms with E-state index in [9.17, 15) is 4.79 Å². The van der Waals surface area contributed by atoms with E-state index in [1.807, 2.05) is 6.07 Å². The predicted octanol–water partition coefficient (Wildman–Crippen LogP) is 6.04. The summed E-state index contributed by atoms with van der Waals surface area (Å²) in [6.45, 7) is 4.13. The summed E-state index contributed by atoms with van der Waals surface area (Å²) in [5, 5.41) is 1.56. The first-order valence-corrected chi connectivity index (χ1v) is 8.76. The van der Waals surface area contributed by atoms with E-state index in [4.69, 9.17) is 23.2 Å². The average Bonchev–Trinajstić information content (AvgIpc) is 2.90. The Morgan fingerprint density at radius 3 is 2.54 bits per heavy atom. The Morgan fingerprint density at radius 2 is 1.83 bits per heavy atom. The van der Waals surface area contributed by atoms with E-state index in [2.05, 4.69) is 29.9 Å². The molecule has 126 valence electrons. The number of nitrogens with one attached hydrogen (secondary N) is 1. The first-order valence-electron chi connectivity index (χ1n) is 7.02. The average molecular weight is 446 g/mol. The van der Waals surface area contributed by atoms with Crippen LogP contribution in [0.3, 0.4) is 0 Å². The largest absolute Gasteiger partial charge is 0.333 e. The van der Waals surface area contributed by atoms with Crippen molar-refractivity contribution in [3.63, 3.8) is 0 Å². The zero-order valence-electron chi connectivity index (χ0n) is 13.0. The van der Waals surface area contributed by atoms with Crippen molar-refractivity contribution in [3.05, 3.63) is 57.1 Å². The van der Waals surface area contributed by atoms with Gasteiger partial charge in [0, 0.05) is 5.56 Å². The number of hydrogen-bond acceptors (Lipinski definition) is 3. The zero-order valence-corrected chi connectivity index (χ0v) is 17.1. The van der Waals surface area contributed by atoms with Crippen LogP contribution < -0.4 is 0 Å². The van der Waals surface area contributed by atoms with Gasteiger partial charge >= 0.3 is 0 Å². The number of fused-ring (bicyclic) bond motifs is 1. The van der Waals surface area contributed by atoms with Crippen molar-refractivity contribution in [3.8, 4) is 0 Å². The molecule has 3 rings (SSSR count). The third kappa shape index (κ3) is 4.14. The number of ketones is 1. The van der Waals surface area contributed by atoms with Crippen molar-refractivity contribution in [1.82, 2.24) is 9.97 Å². The van der Waals surface area contributed by atoms with Gasteiger partial charge in [-0.3, -0.25) is 4.79 Å². The highest BCUT2D eigenvalue weighted by Crippen LogP contribution is 2.25. The number of rotatable bonds is 4. The fourth-order valence-corrected chi connectivity index (χ4v) is 3.28. The minimum atomic E-state index is -0.0126. The first kappa shape index (κ1) is 19.3. The van der Waals surface area contributed by atoms with Gasteiger partial charge in [0.25, 0.3) is 0 Å². The lowest BCUT2D eigenvalue weighted by atomic mass is 10.1. The molecule has 0 fully saturated rings. The van der Waals surface area contributed by atoms with Crippen molar-refractivity contribution in [2.45, 2.75) is 19.0 Å². The fraction of sp³-hybridized carbons (Fsp3) is 0.176. The van der Waals surface area contributed by atoms with E-state index < -0.39 is 0 Å². The summed E-state index contributed by atoms with van der Waals surface area (Å²) in [5.74, 6) is 0.275. The van der Waals surface area contributed by atoms with Gasteiger partial charge in [-0.05, 0) is 55.3 Å². The molecule has 0 aliphatic heterocycles. The first-order chi connectivity index (χ1) is 10.9. The van der Waals surface area contributed by atoms with Gasteiger partial charge in [0.15, 0.2) is 10.9 Å². The predicted molar refractivity (Wildman–Crippen MR) is 107 cm³/mol. The highest BCUT2D eigenvalue weighted by molar-refractivity contribution is 8.93. The third-order valence-electron chi connectivity index (χ3n) is 3.66. The monoisotopic (exact) mass is 444 g/mol. The number of thioether (sulfide) groups is 1. The topological polar surface area (TPSA) is 45.8 Å². The molecule has 0 aliphatic rings. The maximum Gasteiger partial charge on any atom is 0.173 e. The highest BCUT2D eigenvalue weighted by atomic mass is 79.9. The van der Waals surface area contributed by atoms with Crippen LogP contribution >= 0.6 is 51.9 Å². The number of aryl methyl sites for hydroxylation is 2. The van der Waals surface area contributed by atoms with Crippen molar-refractivity contribution >= 4 is 68.8 Å². The van der Waals surface area contributed by atoms with Crippen LogP contribution in [-0.2, 0) is 0 Å². The minimum absolute atomic E-state index is 0. The number of carbonyl (C=O) groups is 1. The quantitative estimate of drug-likeness (QED) is 0.393. The van der Waals surface area contributed by atoms with E-state index in [0.717, 1.165) is 16.2 Å². The molecule has 2 aromatic carbocycles. The Kier molecular flexibility index (Phi) is 6.37. The van der Waals surface area contributed by atoms with Gasteiger partial charge in [-0.15, -0.1) is 17.0 Å². The van der Waals surface area contributed by atoms with Gasteiger partial charge in [0.2, 0.25) is 0 Å². The minimum Gasteiger partial charge on any atom is -0.333 e. The van der Waals surface area contributed by atoms with Gasteiger partial charge in [-0.2, -0.15) is 0 Å². The zero-order chi connectivity index (χ0) is 16.6. The van der Waals surface area contributed by atoms with E-state index in [1.165, 1.54) is 22.9 Å². The summed E-state index contributed by atoms with van der Waals surface area (Å²) in [4.78, 5) is 20.0. The second kappa shape index (κ2) is 7.91. The molecule has 0 bridgehead atoms. The van der Waals surface area contributed by atoms with Gasteiger partial charge in [0.1, 0.15) is 0 Å². The second-order valence-corrected chi connectivity index (χ2v) is 7.11. The second-order valence-electron chi connectivity index (χ2n) is 5.34. The molecule has 0 amide bonds. The third-order valence-corrected chi connectivity index (χ3v) is 5.27. The molecule has 24 heavy (non-hydrogen) atoms. The Balaban J connectivity index is 0.00000208. The fourth-order valence-electron chi connectivity index (χ4n) is 2.20. The van der Waals surface area contributed by atoms with Crippen LogP contribution in [0.5, 0.6) is 0 Å². The number of hydrogen-bond donors (Lipinski definition) is 1. The normalized spacial score (nSPS) is 10.7. The van der Waals surface area contributed by atoms with Crippen LogP contribution in [0.1, 0.15) is 21.5 Å². The molecule has 0 saturated carbocycles. The van der Waals surface area contributed by atoms with Gasteiger partial charge < -0.3 is 4.98 Å². The van der Waals surface area contributed by atoms with E-state index in [1.54, 1.807) is 18.2 Å². The molecule has 7 heteroatoms. The SMILES string of the molecule is Br.Cc1cc2nc(SCC(=O)c3ccc(Cl)c(Cl)c3)[nH]c2cc1C. The van der Waals surface area contributed by atoms with Crippen LogP contribution in [-0.4, -0.2) is 21.5 Å². The maximum atomic E-state index is 12.2. The number of aromatic nitrogens is 2. The lowest BCUT2D eigenvalue weighted by molar-refractivity contribution is 0.102. The molecule has 0 atom stereocenters. The number of imidazole rings is 1. The molecule has 3 nitrogen and oxygen atoms in total. The van der Waals surface area contributed by atoms with Gasteiger partial charge in [-0.25, -0.2) is 4.98 Å². The number of Topliss-reactive ketones (excluding diaryl/α,β-unsaturated/α-hetero) is 1. The molecule has 1 aromatic heterocycles. The lowest BCUT2D eigenvalue weighted by Crippen LogP contribution is -2.02. The van der Waals surface area contributed by atoms with Crippen LogP contribution in [0.2, 0.25) is 10.0 Å². The summed E-state index contributed by atoms with van der Waals surface area (Å²) in [7, 11) is 0.